The van der Waals surface area contributed by atoms with E-state index in [0.717, 1.165) is 61.3 Å². The first-order valence-electron chi connectivity index (χ1n) is 21.7. The number of rotatable bonds is 7. The van der Waals surface area contributed by atoms with Crippen molar-refractivity contribution in [3.8, 4) is 73.2 Å². The number of alkyl halides is 3. The average molecular weight is 855 g/mol. The van der Waals surface area contributed by atoms with Crippen molar-refractivity contribution in [2.45, 2.75) is 47.7 Å². The van der Waals surface area contributed by atoms with Gasteiger partial charge in [0, 0.05) is 33.0 Å². The maximum absolute atomic E-state index is 14.5. The zero-order chi connectivity index (χ0) is 45.1. The summed E-state index contributed by atoms with van der Waals surface area (Å²) in [6, 6.07) is 53.0. The second kappa shape index (κ2) is 16.2. The molecule has 0 saturated heterocycles. The van der Waals surface area contributed by atoms with E-state index in [0.29, 0.717) is 39.9 Å². The molecule has 0 atom stereocenters. The molecule has 8 aromatic carbocycles. The van der Waals surface area contributed by atoms with Crippen molar-refractivity contribution in [1.82, 2.24) is 19.5 Å². The maximum Gasteiger partial charge on any atom is 0.416 e. The first kappa shape index (κ1) is 41.4. The Morgan fingerprint density at radius 2 is 0.815 bits per heavy atom. The molecule has 318 valence electrons. The molecule has 10 rings (SSSR count). The first-order chi connectivity index (χ1) is 31.3. The molecule has 65 heavy (non-hydrogen) atoms. The van der Waals surface area contributed by atoms with E-state index in [4.69, 9.17) is 15.0 Å². The van der Waals surface area contributed by atoms with Gasteiger partial charge in [-0.25, -0.2) is 15.0 Å². The van der Waals surface area contributed by atoms with Gasteiger partial charge in [0.15, 0.2) is 17.5 Å². The lowest BCUT2D eigenvalue weighted by atomic mass is 9.92. The smallest absolute Gasteiger partial charge is 0.309 e. The van der Waals surface area contributed by atoms with Crippen molar-refractivity contribution >= 4 is 21.8 Å². The van der Waals surface area contributed by atoms with Gasteiger partial charge in [0.1, 0.15) is 0 Å². The average Bonchev–Trinajstić information content (AvgIpc) is 3.61. The third kappa shape index (κ3) is 7.67. The SMILES string of the molecule is Cc1cc(C)c(-c2ccc3c4ccc(-c5c(C)cc(C)cc5C)cc4n(-c4cc(-c5nc(-c6ccccc6)nc(-c6ccccc6)n5)ccc4-c4cccc(C(F)(F)F)c4)c3c2)c(C)c1. The molecule has 0 N–H and O–H groups in total. The number of hydrogen-bond donors (Lipinski definition) is 0. The van der Waals surface area contributed by atoms with Crippen LogP contribution in [0, 0.1) is 41.5 Å². The highest BCUT2D eigenvalue weighted by atomic mass is 19.4. The van der Waals surface area contributed by atoms with Gasteiger partial charge >= 0.3 is 6.18 Å². The fraction of sp³-hybridized carbons (Fsp3) is 0.121. The zero-order valence-electron chi connectivity index (χ0n) is 37.0. The lowest BCUT2D eigenvalue weighted by Gasteiger charge is -2.18. The van der Waals surface area contributed by atoms with Crippen molar-refractivity contribution in [3.63, 3.8) is 0 Å². The van der Waals surface area contributed by atoms with Crippen molar-refractivity contribution < 1.29 is 13.2 Å². The Hall–Kier alpha value is -7.64. The summed E-state index contributed by atoms with van der Waals surface area (Å²) in [5.74, 6) is 1.46. The molecule has 7 heteroatoms. The van der Waals surface area contributed by atoms with Gasteiger partial charge in [0.05, 0.1) is 22.3 Å². The van der Waals surface area contributed by atoms with Crippen molar-refractivity contribution in [3.05, 3.63) is 203 Å². The Morgan fingerprint density at radius 1 is 0.385 bits per heavy atom. The molecule has 0 aliphatic carbocycles. The van der Waals surface area contributed by atoms with Crippen LogP contribution in [0.25, 0.3) is 95.0 Å². The summed E-state index contributed by atoms with van der Waals surface area (Å²) in [7, 11) is 0. The molecule has 0 radical (unpaired) electrons. The van der Waals surface area contributed by atoms with Crippen molar-refractivity contribution in [2.75, 3.05) is 0 Å². The summed E-state index contributed by atoms with van der Waals surface area (Å²) in [6.07, 6.45) is -4.53. The number of aromatic nitrogens is 4. The van der Waals surface area contributed by atoms with Crippen LogP contribution in [0.4, 0.5) is 13.2 Å². The van der Waals surface area contributed by atoms with E-state index in [9.17, 15) is 13.2 Å². The van der Waals surface area contributed by atoms with Crippen LogP contribution < -0.4 is 0 Å². The van der Waals surface area contributed by atoms with Crippen LogP contribution in [0.1, 0.15) is 38.9 Å². The summed E-state index contributed by atoms with van der Waals surface area (Å²) >= 11 is 0. The molecular formula is C58H45F3N4. The van der Waals surface area contributed by atoms with Crippen LogP contribution >= 0.6 is 0 Å². The minimum Gasteiger partial charge on any atom is -0.309 e. The van der Waals surface area contributed by atoms with E-state index in [2.05, 4.69) is 107 Å². The molecule has 10 aromatic rings. The quantitative estimate of drug-likeness (QED) is 0.160. The number of aryl methyl sites for hydroxylation is 6. The zero-order valence-corrected chi connectivity index (χ0v) is 37.0. The normalized spacial score (nSPS) is 11.8. The largest absolute Gasteiger partial charge is 0.416 e. The molecule has 0 spiro atoms. The topological polar surface area (TPSA) is 43.6 Å². The Morgan fingerprint density at radius 3 is 1.28 bits per heavy atom. The summed E-state index contributed by atoms with van der Waals surface area (Å²) in [6.45, 7) is 12.8. The number of nitrogens with zero attached hydrogens (tertiary/aromatic N) is 4. The van der Waals surface area contributed by atoms with Gasteiger partial charge in [-0.1, -0.05) is 145 Å². The molecule has 0 aliphatic heterocycles. The highest BCUT2D eigenvalue weighted by Crippen LogP contribution is 2.43. The van der Waals surface area contributed by atoms with Gasteiger partial charge in [-0.3, -0.25) is 0 Å². The van der Waals surface area contributed by atoms with E-state index in [-0.39, 0.29) is 0 Å². The van der Waals surface area contributed by atoms with E-state index in [1.807, 2.05) is 78.9 Å². The molecule has 0 bridgehead atoms. The third-order valence-corrected chi connectivity index (χ3v) is 12.4. The van der Waals surface area contributed by atoms with Gasteiger partial charge in [0.2, 0.25) is 0 Å². The van der Waals surface area contributed by atoms with Crippen LogP contribution in [-0.2, 0) is 6.18 Å². The van der Waals surface area contributed by atoms with Gasteiger partial charge in [-0.05, 0) is 122 Å². The summed E-state index contributed by atoms with van der Waals surface area (Å²) < 4.78 is 45.7. The predicted molar refractivity (Wildman–Crippen MR) is 260 cm³/mol. The number of fused-ring (bicyclic) bond motifs is 3. The summed E-state index contributed by atoms with van der Waals surface area (Å²) in [4.78, 5) is 15.1. The number of halogens is 3. The van der Waals surface area contributed by atoms with E-state index < -0.39 is 11.7 Å². The van der Waals surface area contributed by atoms with E-state index in [1.54, 1.807) is 6.07 Å². The second-order valence-corrected chi connectivity index (χ2v) is 17.2. The maximum atomic E-state index is 14.5. The third-order valence-electron chi connectivity index (χ3n) is 12.4. The number of hydrogen-bond acceptors (Lipinski definition) is 3. The highest BCUT2D eigenvalue weighted by molar-refractivity contribution is 6.12. The minimum absolute atomic E-state index is 0.435. The molecule has 0 unspecified atom stereocenters. The standard InChI is InChI=1S/C58H45F3N4/c1-34-26-36(3)53(37(4)27-34)43-20-24-48-49-25-21-44(54-38(5)28-35(2)29-39(54)6)32-52(49)65(51(48)31-43)50-33-45(22-23-47(50)42-18-13-19-46(30-42)58(59,60)61)57-63-55(40-14-9-7-10-15-40)62-56(64-57)41-16-11-8-12-17-41/h7-33H,1-6H3. The van der Waals surface area contributed by atoms with Gasteiger partial charge < -0.3 is 4.57 Å². The Bertz CT molecular complexity index is 3260. The van der Waals surface area contributed by atoms with Gasteiger partial charge in [-0.2, -0.15) is 13.2 Å². The highest BCUT2D eigenvalue weighted by Gasteiger charge is 2.31. The molecule has 0 fully saturated rings. The summed E-state index contributed by atoms with van der Waals surface area (Å²) in [5.41, 5.74) is 16.7. The molecule has 0 saturated carbocycles. The van der Waals surface area contributed by atoms with E-state index in [1.165, 1.54) is 45.5 Å². The number of benzene rings is 8. The molecule has 0 amide bonds. The van der Waals surface area contributed by atoms with Crippen LogP contribution in [0.3, 0.4) is 0 Å². The van der Waals surface area contributed by atoms with Crippen molar-refractivity contribution in [2.24, 2.45) is 0 Å². The Kier molecular flexibility index (Phi) is 10.3. The summed E-state index contributed by atoms with van der Waals surface area (Å²) in [5, 5.41) is 2.04. The van der Waals surface area contributed by atoms with Crippen LogP contribution in [0.15, 0.2) is 164 Å². The van der Waals surface area contributed by atoms with Gasteiger partial charge in [0.25, 0.3) is 0 Å². The minimum atomic E-state index is -4.53. The lowest BCUT2D eigenvalue weighted by Crippen LogP contribution is -2.05. The van der Waals surface area contributed by atoms with E-state index >= 15 is 0 Å². The molecule has 0 aliphatic rings. The monoisotopic (exact) mass is 854 g/mol. The molecule has 2 aromatic heterocycles. The van der Waals surface area contributed by atoms with Crippen LogP contribution in [0.2, 0.25) is 0 Å². The fourth-order valence-corrected chi connectivity index (χ4v) is 9.76. The Balaban J connectivity index is 1.32. The first-order valence-corrected chi connectivity index (χ1v) is 21.7. The second-order valence-electron chi connectivity index (χ2n) is 17.2. The Labute approximate surface area is 376 Å². The van der Waals surface area contributed by atoms with Crippen molar-refractivity contribution in [1.29, 1.82) is 0 Å². The fourth-order valence-electron chi connectivity index (χ4n) is 9.76. The van der Waals surface area contributed by atoms with Gasteiger partial charge in [-0.15, -0.1) is 0 Å². The lowest BCUT2D eigenvalue weighted by molar-refractivity contribution is -0.137. The molecule has 2 heterocycles. The predicted octanol–water partition coefficient (Wildman–Crippen LogP) is 15.8. The van der Waals surface area contributed by atoms with Crippen LogP contribution in [-0.4, -0.2) is 19.5 Å². The van der Waals surface area contributed by atoms with Crippen LogP contribution in [0.5, 0.6) is 0 Å². The molecular weight excluding hydrogens is 810 g/mol. The molecule has 4 nitrogen and oxygen atoms in total.